The highest BCUT2D eigenvalue weighted by Crippen LogP contribution is 2.30. The molecule has 4 nitrogen and oxygen atoms in total. The molecule has 0 radical (unpaired) electrons. The SMILES string of the molecule is CC1Cc2ccccc2N(C(=O)c2csc(CCN)n2)C1.Cl. The number of para-hydroxylation sites is 1. The van der Waals surface area contributed by atoms with Crippen LogP contribution in [-0.2, 0) is 12.8 Å². The molecule has 1 aromatic carbocycles. The predicted octanol–water partition coefficient (Wildman–Crippen LogP) is 2.91. The van der Waals surface area contributed by atoms with Gasteiger partial charge in [0.25, 0.3) is 5.91 Å². The number of nitrogens with two attached hydrogens (primary N) is 1. The standard InChI is InChI=1S/C16H19N3OS.ClH/c1-11-8-12-4-2-3-5-14(12)19(9-11)16(20)13-10-21-15(18-13)6-7-17;/h2-5,10-11H,6-9,17H2,1H3;1H. The minimum atomic E-state index is -0.00600. The molecule has 22 heavy (non-hydrogen) atoms. The first kappa shape index (κ1) is 16.9. The summed E-state index contributed by atoms with van der Waals surface area (Å²) in [5.74, 6) is 0.458. The van der Waals surface area contributed by atoms with E-state index < -0.39 is 0 Å². The molecule has 0 saturated carbocycles. The molecule has 1 amide bonds. The molecule has 118 valence electrons. The Kier molecular flexibility index (Phi) is 5.56. The van der Waals surface area contributed by atoms with E-state index in [4.69, 9.17) is 5.73 Å². The van der Waals surface area contributed by atoms with E-state index in [9.17, 15) is 4.79 Å². The average Bonchev–Trinajstić information content (AvgIpc) is 2.94. The first-order valence-electron chi connectivity index (χ1n) is 7.23. The van der Waals surface area contributed by atoms with E-state index in [-0.39, 0.29) is 18.3 Å². The summed E-state index contributed by atoms with van der Waals surface area (Å²) < 4.78 is 0. The first-order valence-corrected chi connectivity index (χ1v) is 8.11. The number of amides is 1. The Balaban J connectivity index is 0.00000176. The topological polar surface area (TPSA) is 59.2 Å². The van der Waals surface area contributed by atoms with Crippen LogP contribution in [-0.4, -0.2) is 24.0 Å². The zero-order chi connectivity index (χ0) is 14.8. The van der Waals surface area contributed by atoms with Gasteiger partial charge in [-0.25, -0.2) is 4.98 Å². The van der Waals surface area contributed by atoms with Gasteiger partial charge in [0.15, 0.2) is 0 Å². The molecule has 2 heterocycles. The largest absolute Gasteiger partial charge is 0.330 e. The van der Waals surface area contributed by atoms with E-state index in [1.165, 1.54) is 16.9 Å². The lowest BCUT2D eigenvalue weighted by atomic mass is 9.94. The molecule has 1 atom stereocenters. The summed E-state index contributed by atoms with van der Waals surface area (Å²) in [5, 5.41) is 2.77. The Labute approximate surface area is 140 Å². The van der Waals surface area contributed by atoms with Crippen LogP contribution in [0.2, 0.25) is 0 Å². The number of anilines is 1. The summed E-state index contributed by atoms with van der Waals surface area (Å²) in [4.78, 5) is 19.1. The maximum Gasteiger partial charge on any atom is 0.277 e. The van der Waals surface area contributed by atoms with Gasteiger partial charge in [0.05, 0.1) is 5.01 Å². The number of rotatable bonds is 3. The number of fused-ring (bicyclic) bond motifs is 1. The van der Waals surface area contributed by atoms with E-state index in [0.717, 1.165) is 30.1 Å². The lowest BCUT2D eigenvalue weighted by molar-refractivity contribution is 0.0976. The Hall–Kier alpha value is -1.43. The van der Waals surface area contributed by atoms with E-state index in [1.807, 2.05) is 28.5 Å². The smallest absolute Gasteiger partial charge is 0.277 e. The maximum atomic E-state index is 12.8. The van der Waals surface area contributed by atoms with Crippen LogP contribution in [0.4, 0.5) is 5.69 Å². The summed E-state index contributed by atoms with van der Waals surface area (Å²) in [6, 6.07) is 8.14. The third kappa shape index (κ3) is 3.32. The van der Waals surface area contributed by atoms with Crippen LogP contribution in [0.3, 0.4) is 0 Å². The molecule has 1 aliphatic heterocycles. The third-order valence-electron chi connectivity index (χ3n) is 3.72. The van der Waals surface area contributed by atoms with Crippen molar-refractivity contribution in [2.24, 2.45) is 11.7 Å². The Morgan fingerprint density at radius 1 is 1.45 bits per heavy atom. The van der Waals surface area contributed by atoms with Crippen LogP contribution in [0.5, 0.6) is 0 Å². The number of aromatic nitrogens is 1. The molecule has 0 aliphatic carbocycles. The van der Waals surface area contributed by atoms with Gasteiger partial charge in [-0.1, -0.05) is 25.1 Å². The lowest BCUT2D eigenvalue weighted by Gasteiger charge is -2.32. The van der Waals surface area contributed by atoms with Crippen LogP contribution in [0.25, 0.3) is 0 Å². The fraction of sp³-hybridized carbons (Fsp3) is 0.375. The highest BCUT2D eigenvalue weighted by atomic mass is 35.5. The number of hydrogen-bond acceptors (Lipinski definition) is 4. The van der Waals surface area contributed by atoms with Crippen molar-refractivity contribution in [1.29, 1.82) is 0 Å². The number of thiazole rings is 1. The fourth-order valence-corrected chi connectivity index (χ4v) is 3.56. The zero-order valence-electron chi connectivity index (χ0n) is 12.5. The van der Waals surface area contributed by atoms with Gasteiger partial charge in [0.2, 0.25) is 0 Å². The van der Waals surface area contributed by atoms with Gasteiger partial charge in [-0.05, 0) is 30.5 Å². The van der Waals surface area contributed by atoms with E-state index in [0.29, 0.717) is 18.2 Å². The summed E-state index contributed by atoms with van der Waals surface area (Å²) in [6.07, 6.45) is 1.75. The predicted molar refractivity (Wildman–Crippen MR) is 93.1 cm³/mol. The maximum absolute atomic E-state index is 12.8. The molecule has 2 aromatic rings. The number of benzene rings is 1. The summed E-state index contributed by atoms with van der Waals surface area (Å²) in [5.41, 5.74) is 8.34. The molecule has 1 aliphatic rings. The van der Waals surface area contributed by atoms with E-state index in [1.54, 1.807) is 0 Å². The van der Waals surface area contributed by atoms with Crippen LogP contribution < -0.4 is 10.6 Å². The van der Waals surface area contributed by atoms with Crippen LogP contribution in [0.15, 0.2) is 29.6 Å². The Bertz CT molecular complexity index is 658. The molecule has 6 heteroatoms. The van der Waals surface area contributed by atoms with Crippen LogP contribution in [0, 0.1) is 5.92 Å². The van der Waals surface area contributed by atoms with Gasteiger partial charge >= 0.3 is 0 Å². The van der Waals surface area contributed by atoms with Gasteiger partial charge in [-0.15, -0.1) is 23.7 Å². The first-order chi connectivity index (χ1) is 10.2. The van der Waals surface area contributed by atoms with Crippen molar-refractivity contribution < 1.29 is 4.79 Å². The Morgan fingerprint density at radius 2 is 2.23 bits per heavy atom. The highest BCUT2D eigenvalue weighted by Gasteiger charge is 2.28. The van der Waals surface area contributed by atoms with Gasteiger partial charge in [-0.2, -0.15) is 0 Å². The van der Waals surface area contributed by atoms with Crippen LogP contribution >= 0.6 is 23.7 Å². The second-order valence-electron chi connectivity index (χ2n) is 5.52. The van der Waals surface area contributed by atoms with E-state index in [2.05, 4.69) is 18.0 Å². The number of halogens is 1. The van der Waals surface area contributed by atoms with Crippen molar-refractivity contribution >= 4 is 35.3 Å². The minimum Gasteiger partial charge on any atom is -0.330 e. The van der Waals surface area contributed by atoms with Crippen LogP contribution in [0.1, 0.15) is 28.0 Å². The Morgan fingerprint density at radius 3 is 3.00 bits per heavy atom. The second-order valence-corrected chi connectivity index (χ2v) is 6.46. The van der Waals surface area contributed by atoms with Crippen molar-refractivity contribution in [3.8, 4) is 0 Å². The lowest BCUT2D eigenvalue weighted by Crippen LogP contribution is -2.39. The van der Waals surface area contributed by atoms with Gasteiger partial charge in [0, 0.05) is 24.0 Å². The molecule has 0 fully saturated rings. The summed E-state index contributed by atoms with van der Waals surface area (Å²) in [7, 11) is 0. The zero-order valence-corrected chi connectivity index (χ0v) is 14.1. The minimum absolute atomic E-state index is 0. The molecule has 1 unspecified atom stereocenters. The van der Waals surface area contributed by atoms with E-state index >= 15 is 0 Å². The average molecular weight is 338 g/mol. The molecular weight excluding hydrogens is 318 g/mol. The van der Waals surface area contributed by atoms with Crippen molar-refractivity contribution in [3.63, 3.8) is 0 Å². The molecule has 3 rings (SSSR count). The van der Waals surface area contributed by atoms with Crippen molar-refractivity contribution in [1.82, 2.24) is 4.98 Å². The summed E-state index contributed by atoms with van der Waals surface area (Å²) in [6.45, 7) is 3.49. The monoisotopic (exact) mass is 337 g/mol. The normalized spacial score (nSPS) is 16.8. The molecule has 1 aromatic heterocycles. The van der Waals surface area contributed by atoms with Crippen molar-refractivity contribution in [3.05, 3.63) is 45.9 Å². The van der Waals surface area contributed by atoms with Gasteiger partial charge in [-0.3, -0.25) is 4.79 Å². The van der Waals surface area contributed by atoms with Gasteiger partial charge < -0.3 is 10.6 Å². The number of nitrogens with zero attached hydrogens (tertiary/aromatic N) is 2. The summed E-state index contributed by atoms with van der Waals surface area (Å²) >= 11 is 1.51. The highest BCUT2D eigenvalue weighted by molar-refractivity contribution is 7.09. The number of carbonyl (C=O) groups is 1. The van der Waals surface area contributed by atoms with Crippen molar-refractivity contribution in [2.45, 2.75) is 19.8 Å². The number of carbonyl (C=O) groups excluding carboxylic acids is 1. The van der Waals surface area contributed by atoms with Crippen molar-refractivity contribution in [2.75, 3.05) is 18.0 Å². The molecule has 0 spiro atoms. The molecule has 0 bridgehead atoms. The van der Waals surface area contributed by atoms with Gasteiger partial charge in [0.1, 0.15) is 5.69 Å². The quantitative estimate of drug-likeness (QED) is 0.936. The molecular formula is C16H20ClN3OS. The number of hydrogen-bond donors (Lipinski definition) is 1. The second kappa shape index (κ2) is 7.22. The fourth-order valence-electron chi connectivity index (χ4n) is 2.77. The molecule has 2 N–H and O–H groups in total. The molecule has 0 saturated heterocycles. The third-order valence-corrected chi connectivity index (χ3v) is 4.63.